The van der Waals surface area contributed by atoms with Crippen LogP contribution in [0.25, 0.3) is 0 Å². The molecule has 8 heteroatoms. The molecule has 1 unspecified atom stereocenters. The fourth-order valence-corrected chi connectivity index (χ4v) is 3.33. The number of nitrogens with one attached hydrogen (secondary N) is 1. The number of carbonyl (C=O) groups excluding carboxylic acids is 1. The Balaban J connectivity index is 2.36. The Morgan fingerprint density at radius 3 is 2.52 bits per heavy atom. The summed E-state index contributed by atoms with van der Waals surface area (Å²) in [5.74, 6) is -0.256. The smallest absolute Gasteiger partial charge is 0.235 e. The Bertz CT molecular complexity index is 421. The Morgan fingerprint density at radius 2 is 2.00 bits per heavy atom. The molecule has 0 aromatic carbocycles. The number of hydrogen-bond donors (Lipinski definition) is 1. The first kappa shape index (κ1) is 18.3. The summed E-state index contributed by atoms with van der Waals surface area (Å²) >= 11 is 0. The lowest BCUT2D eigenvalue weighted by atomic mass is 10.2. The molecule has 1 amide bonds. The molecule has 0 aliphatic carbocycles. The van der Waals surface area contributed by atoms with Crippen LogP contribution in [-0.2, 0) is 19.6 Å². The second-order valence-electron chi connectivity index (χ2n) is 5.37. The van der Waals surface area contributed by atoms with E-state index in [0.717, 1.165) is 39.1 Å². The zero-order chi connectivity index (χ0) is 15.9. The number of ether oxygens (including phenoxy) is 1. The molecule has 1 fully saturated rings. The summed E-state index contributed by atoms with van der Waals surface area (Å²) in [6.45, 7) is 8.08. The van der Waals surface area contributed by atoms with Crippen molar-refractivity contribution < 1.29 is 17.9 Å². The van der Waals surface area contributed by atoms with Gasteiger partial charge in [-0.15, -0.1) is 0 Å². The standard InChI is InChI=1S/C13H27N3O4S/c1-4-12(2)16(21(3,18)19)11-13(17)14-5-6-15-7-9-20-10-8-15/h12H,4-11H2,1-3H3,(H,14,17). The second-order valence-corrected chi connectivity index (χ2v) is 7.30. The van der Waals surface area contributed by atoms with Crippen molar-refractivity contribution in [2.75, 3.05) is 52.2 Å². The van der Waals surface area contributed by atoms with Crippen LogP contribution in [-0.4, -0.2) is 81.8 Å². The van der Waals surface area contributed by atoms with Crippen LogP contribution in [0.1, 0.15) is 20.3 Å². The van der Waals surface area contributed by atoms with E-state index in [-0.39, 0.29) is 18.5 Å². The highest BCUT2D eigenvalue weighted by molar-refractivity contribution is 7.88. The highest BCUT2D eigenvalue weighted by Crippen LogP contribution is 2.08. The predicted molar refractivity (Wildman–Crippen MR) is 81.6 cm³/mol. The van der Waals surface area contributed by atoms with Crippen molar-refractivity contribution >= 4 is 15.9 Å². The highest BCUT2D eigenvalue weighted by Gasteiger charge is 2.24. The van der Waals surface area contributed by atoms with Gasteiger partial charge in [0.1, 0.15) is 0 Å². The lowest BCUT2D eigenvalue weighted by molar-refractivity contribution is -0.121. The molecule has 0 spiro atoms. The maximum absolute atomic E-state index is 11.9. The molecule has 1 rings (SSSR count). The van der Waals surface area contributed by atoms with Gasteiger partial charge >= 0.3 is 0 Å². The molecule has 7 nitrogen and oxygen atoms in total. The lowest BCUT2D eigenvalue weighted by Crippen LogP contribution is -2.46. The molecule has 0 radical (unpaired) electrons. The first-order valence-corrected chi connectivity index (χ1v) is 9.23. The third-order valence-corrected chi connectivity index (χ3v) is 5.00. The van der Waals surface area contributed by atoms with Gasteiger partial charge in [0.05, 0.1) is 26.0 Å². The van der Waals surface area contributed by atoms with Crippen molar-refractivity contribution in [3.63, 3.8) is 0 Å². The monoisotopic (exact) mass is 321 g/mol. The minimum absolute atomic E-state index is 0.114. The Kier molecular flexibility index (Phi) is 7.58. The largest absolute Gasteiger partial charge is 0.379 e. The summed E-state index contributed by atoms with van der Waals surface area (Å²) in [5, 5.41) is 2.78. The minimum atomic E-state index is -3.37. The third kappa shape index (κ3) is 6.73. The van der Waals surface area contributed by atoms with E-state index in [4.69, 9.17) is 4.74 Å². The number of hydrogen-bond acceptors (Lipinski definition) is 5. The first-order chi connectivity index (χ1) is 9.84. The Labute approximate surface area is 127 Å². The Morgan fingerprint density at radius 1 is 1.38 bits per heavy atom. The summed E-state index contributed by atoms with van der Waals surface area (Å²) in [7, 11) is -3.37. The van der Waals surface area contributed by atoms with Crippen molar-refractivity contribution in [1.29, 1.82) is 0 Å². The van der Waals surface area contributed by atoms with Crippen molar-refractivity contribution in [2.45, 2.75) is 26.3 Å². The van der Waals surface area contributed by atoms with Gasteiger partial charge in [0.25, 0.3) is 0 Å². The zero-order valence-electron chi connectivity index (χ0n) is 13.2. The molecule has 1 N–H and O–H groups in total. The van der Waals surface area contributed by atoms with Crippen LogP contribution in [0, 0.1) is 0 Å². The van der Waals surface area contributed by atoms with Crippen molar-refractivity contribution in [3.05, 3.63) is 0 Å². The Hall–Kier alpha value is -0.700. The van der Waals surface area contributed by atoms with Crippen LogP contribution in [0.5, 0.6) is 0 Å². The average Bonchev–Trinajstić information content (AvgIpc) is 2.44. The number of morpholine rings is 1. The average molecular weight is 321 g/mol. The van der Waals surface area contributed by atoms with Gasteiger partial charge in [-0.05, 0) is 13.3 Å². The van der Waals surface area contributed by atoms with E-state index in [1.54, 1.807) is 0 Å². The van der Waals surface area contributed by atoms with Crippen LogP contribution in [0.4, 0.5) is 0 Å². The fraction of sp³-hybridized carbons (Fsp3) is 0.923. The second kappa shape index (κ2) is 8.67. The zero-order valence-corrected chi connectivity index (χ0v) is 14.0. The first-order valence-electron chi connectivity index (χ1n) is 7.38. The van der Waals surface area contributed by atoms with Gasteiger partial charge in [-0.3, -0.25) is 9.69 Å². The molecule has 0 bridgehead atoms. The highest BCUT2D eigenvalue weighted by atomic mass is 32.2. The molecule has 1 saturated heterocycles. The molecule has 1 aliphatic rings. The number of sulfonamides is 1. The van der Waals surface area contributed by atoms with Gasteiger partial charge in [0.15, 0.2) is 0 Å². The molecule has 1 aliphatic heterocycles. The lowest BCUT2D eigenvalue weighted by Gasteiger charge is -2.27. The number of nitrogens with zero attached hydrogens (tertiary/aromatic N) is 2. The van der Waals surface area contributed by atoms with Crippen LogP contribution < -0.4 is 5.32 Å². The molecule has 1 heterocycles. The topological polar surface area (TPSA) is 79.0 Å². The summed E-state index contributed by atoms with van der Waals surface area (Å²) < 4.78 is 29.9. The fourth-order valence-electron chi connectivity index (χ4n) is 2.18. The van der Waals surface area contributed by atoms with Crippen molar-refractivity contribution in [3.8, 4) is 0 Å². The van der Waals surface area contributed by atoms with Crippen molar-refractivity contribution in [2.24, 2.45) is 0 Å². The molecule has 0 aromatic heterocycles. The molecular formula is C13H27N3O4S. The van der Waals surface area contributed by atoms with E-state index in [1.165, 1.54) is 4.31 Å². The van der Waals surface area contributed by atoms with E-state index in [1.807, 2.05) is 13.8 Å². The van der Waals surface area contributed by atoms with Gasteiger partial charge in [-0.25, -0.2) is 8.42 Å². The van der Waals surface area contributed by atoms with Crippen molar-refractivity contribution in [1.82, 2.24) is 14.5 Å². The van der Waals surface area contributed by atoms with E-state index < -0.39 is 10.0 Å². The van der Waals surface area contributed by atoms with Gasteiger partial charge < -0.3 is 10.1 Å². The normalized spacial score (nSPS) is 18.7. The molecular weight excluding hydrogens is 294 g/mol. The summed E-state index contributed by atoms with van der Waals surface area (Å²) in [6.07, 6.45) is 1.81. The van der Waals surface area contributed by atoms with Gasteiger partial charge in [-0.1, -0.05) is 6.92 Å². The van der Waals surface area contributed by atoms with Gasteiger partial charge in [0, 0.05) is 32.2 Å². The maximum Gasteiger partial charge on any atom is 0.235 e. The quantitative estimate of drug-likeness (QED) is 0.652. The molecule has 0 saturated carbocycles. The molecule has 21 heavy (non-hydrogen) atoms. The molecule has 0 aromatic rings. The summed E-state index contributed by atoms with van der Waals surface area (Å²) in [6, 6.07) is -0.176. The maximum atomic E-state index is 11.9. The summed E-state index contributed by atoms with van der Waals surface area (Å²) in [4.78, 5) is 14.1. The van der Waals surface area contributed by atoms with Gasteiger partial charge in [0.2, 0.25) is 15.9 Å². The number of carbonyl (C=O) groups is 1. The van der Waals surface area contributed by atoms with E-state index >= 15 is 0 Å². The number of rotatable bonds is 8. The van der Waals surface area contributed by atoms with Crippen LogP contribution >= 0.6 is 0 Å². The minimum Gasteiger partial charge on any atom is -0.379 e. The van der Waals surface area contributed by atoms with Crippen LogP contribution in [0.15, 0.2) is 0 Å². The van der Waals surface area contributed by atoms with E-state index in [0.29, 0.717) is 13.0 Å². The van der Waals surface area contributed by atoms with E-state index in [2.05, 4.69) is 10.2 Å². The third-order valence-electron chi connectivity index (χ3n) is 3.66. The van der Waals surface area contributed by atoms with Gasteiger partial charge in [-0.2, -0.15) is 4.31 Å². The molecule has 124 valence electrons. The summed E-state index contributed by atoms with van der Waals surface area (Å²) in [5.41, 5.74) is 0. The SMILES string of the molecule is CCC(C)N(CC(=O)NCCN1CCOCC1)S(C)(=O)=O. The van der Waals surface area contributed by atoms with Crippen LogP contribution in [0.3, 0.4) is 0 Å². The molecule has 1 atom stereocenters. The predicted octanol–water partition coefficient (Wildman–Crippen LogP) is -0.505. The van der Waals surface area contributed by atoms with Crippen LogP contribution in [0.2, 0.25) is 0 Å². The number of amides is 1. The van der Waals surface area contributed by atoms with E-state index in [9.17, 15) is 13.2 Å².